The van der Waals surface area contributed by atoms with Crippen molar-refractivity contribution in [2.45, 2.75) is 44.2 Å². The number of thiazole rings is 1. The first-order chi connectivity index (χ1) is 9.36. The molecule has 2 heterocycles. The molecule has 2 aromatic heterocycles. The van der Waals surface area contributed by atoms with E-state index in [-0.39, 0.29) is 10.0 Å². The van der Waals surface area contributed by atoms with Gasteiger partial charge in [0.15, 0.2) is 4.21 Å². The molecule has 0 radical (unpaired) electrons. The average molecular weight is 314 g/mol. The second-order valence-corrected chi connectivity index (χ2v) is 7.78. The van der Waals surface area contributed by atoms with Crippen LogP contribution in [0, 0.1) is 13.8 Å². The highest BCUT2D eigenvalue weighted by Crippen LogP contribution is 2.26. The van der Waals surface area contributed by atoms with E-state index in [0.29, 0.717) is 16.4 Å². The van der Waals surface area contributed by atoms with Gasteiger partial charge in [0.1, 0.15) is 5.82 Å². The number of nitrogens with zero attached hydrogens (tertiary/aromatic N) is 3. The van der Waals surface area contributed by atoms with Crippen LogP contribution in [-0.2, 0) is 16.4 Å². The highest BCUT2D eigenvalue weighted by Gasteiger charge is 2.26. The molecule has 0 aliphatic heterocycles. The van der Waals surface area contributed by atoms with Gasteiger partial charge in [-0.3, -0.25) is 0 Å². The Morgan fingerprint density at radius 1 is 1.40 bits per heavy atom. The summed E-state index contributed by atoms with van der Waals surface area (Å²) in [5.41, 5.74) is 6.98. The van der Waals surface area contributed by atoms with Gasteiger partial charge in [-0.05, 0) is 26.7 Å². The molecule has 0 atom stereocenters. The topological polar surface area (TPSA) is 90.9 Å². The van der Waals surface area contributed by atoms with Crippen LogP contribution in [0.4, 0.5) is 5.82 Å². The summed E-state index contributed by atoms with van der Waals surface area (Å²) in [5, 5.41) is 4.83. The minimum atomic E-state index is -3.75. The van der Waals surface area contributed by atoms with Crippen LogP contribution in [-0.4, -0.2) is 22.6 Å². The summed E-state index contributed by atoms with van der Waals surface area (Å²) < 4.78 is 26.2. The normalized spacial score (nSPS) is 11.9. The predicted octanol–water partition coefficient (Wildman–Crippen LogP) is 2.12. The monoisotopic (exact) mass is 314 g/mol. The summed E-state index contributed by atoms with van der Waals surface area (Å²) in [6.07, 6.45) is 2.70. The Hall–Kier alpha value is -1.41. The highest BCUT2D eigenvalue weighted by molar-refractivity contribution is 7.92. The van der Waals surface area contributed by atoms with Crippen LogP contribution in [0.3, 0.4) is 0 Å². The molecule has 0 saturated carbocycles. The lowest BCUT2D eigenvalue weighted by molar-refractivity contribution is 0.581. The maximum Gasteiger partial charge on any atom is 0.296 e. The van der Waals surface area contributed by atoms with Crippen molar-refractivity contribution in [3.8, 4) is 0 Å². The fourth-order valence-electron chi connectivity index (χ4n) is 1.93. The third-order valence-electron chi connectivity index (χ3n) is 2.86. The van der Waals surface area contributed by atoms with Crippen LogP contribution < -0.4 is 5.73 Å². The molecule has 0 saturated heterocycles. The van der Waals surface area contributed by atoms with Gasteiger partial charge in [-0.25, -0.2) is 4.98 Å². The number of unbranched alkanes of at least 4 members (excludes halogenated alkanes) is 1. The molecule has 0 unspecified atom stereocenters. The average Bonchev–Trinajstić information content (AvgIpc) is 2.90. The number of nitrogens with two attached hydrogens (primary N) is 1. The van der Waals surface area contributed by atoms with Crippen molar-refractivity contribution in [3.63, 3.8) is 0 Å². The van der Waals surface area contributed by atoms with E-state index in [1.54, 1.807) is 19.9 Å². The summed E-state index contributed by atoms with van der Waals surface area (Å²) in [4.78, 5) is 4.15. The Morgan fingerprint density at radius 3 is 2.65 bits per heavy atom. The van der Waals surface area contributed by atoms with Crippen LogP contribution in [0.15, 0.2) is 10.3 Å². The zero-order valence-electron chi connectivity index (χ0n) is 11.8. The fraction of sp³-hybridized carbons (Fsp3) is 0.500. The van der Waals surface area contributed by atoms with E-state index in [1.165, 1.54) is 0 Å². The number of anilines is 1. The molecule has 0 spiro atoms. The van der Waals surface area contributed by atoms with Gasteiger partial charge in [0.05, 0.1) is 16.4 Å². The standard InChI is InChI=1S/C12H18N4O2S2/c1-4-5-6-10-7-11(13)16(15-10)20(17,18)12-8(2)14-9(3)19-12/h7H,4-6,13H2,1-3H3. The lowest BCUT2D eigenvalue weighted by Gasteiger charge is -2.04. The first-order valence-electron chi connectivity index (χ1n) is 6.40. The molecule has 0 aliphatic carbocycles. The van der Waals surface area contributed by atoms with Crippen LogP contribution >= 0.6 is 11.3 Å². The largest absolute Gasteiger partial charge is 0.383 e. The minimum Gasteiger partial charge on any atom is -0.383 e. The van der Waals surface area contributed by atoms with Gasteiger partial charge in [0.2, 0.25) is 0 Å². The first kappa shape index (κ1) is 15.0. The van der Waals surface area contributed by atoms with Crippen LogP contribution in [0.2, 0.25) is 0 Å². The van der Waals surface area contributed by atoms with E-state index in [2.05, 4.69) is 17.0 Å². The zero-order valence-corrected chi connectivity index (χ0v) is 13.4. The van der Waals surface area contributed by atoms with Crippen molar-refractivity contribution in [1.29, 1.82) is 0 Å². The Bertz CT molecular complexity index is 716. The molecule has 8 heteroatoms. The number of hydrogen-bond donors (Lipinski definition) is 1. The number of nitrogen functional groups attached to an aromatic ring is 1. The molecule has 0 fully saturated rings. The van der Waals surface area contributed by atoms with E-state index in [4.69, 9.17) is 5.73 Å². The Labute approximate surface area is 122 Å². The fourth-order valence-corrected chi connectivity index (χ4v) is 4.69. The molecule has 6 nitrogen and oxygen atoms in total. The van der Waals surface area contributed by atoms with Crippen molar-refractivity contribution in [2.75, 3.05) is 5.73 Å². The van der Waals surface area contributed by atoms with Gasteiger partial charge < -0.3 is 5.73 Å². The molecule has 0 aliphatic rings. The molecule has 0 aromatic carbocycles. The molecule has 2 aromatic rings. The molecule has 0 amide bonds. The van der Waals surface area contributed by atoms with Crippen molar-refractivity contribution in [1.82, 2.24) is 14.2 Å². The van der Waals surface area contributed by atoms with Crippen molar-refractivity contribution >= 4 is 27.2 Å². The molecule has 110 valence electrons. The third kappa shape index (κ3) is 2.71. The molecule has 2 N–H and O–H groups in total. The maximum atomic E-state index is 12.6. The minimum absolute atomic E-state index is 0.140. The van der Waals surface area contributed by atoms with Crippen LogP contribution in [0.25, 0.3) is 0 Å². The highest BCUT2D eigenvalue weighted by atomic mass is 32.2. The lowest BCUT2D eigenvalue weighted by Crippen LogP contribution is -2.16. The van der Waals surface area contributed by atoms with Gasteiger partial charge in [0.25, 0.3) is 10.0 Å². The zero-order chi connectivity index (χ0) is 14.9. The lowest BCUT2D eigenvalue weighted by atomic mass is 10.2. The maximum absolute atomic E-state index is 12.6. The predicted molar refractivity (Wildman–Crippen MR) is 79.4 cm³/mol. The molecule has 2 rings (SSSR count). The summed E-state index contributed by atoms with van der Waals surface area (Å²) in [7, 11) is -3.75. The van der Waals surface area contributed by atoms with Crippen molar-refractivity contribution in [2.24, 2.45) is 0 Å². The number of rotatable bonds is 5. The van der Waals surface area contributed by atoms with E-state index < -0.39 is 10.0 Å². The smallest absolute Gasteiger partial charge is 0.296 e. The third-order valence-corrected chi connectivity index (χ3v) is 6.13. The molecular weight excluding hydrogens is 296 g/mol. The SMILES string of the molecule is CCCCc1cc(N)n(S(=O)(=O)c2sc(C)nc2C)n1. The van der Waals surface area contributed by atoms with E-state index in [0.717, 1.165) is 34.7 Å². The van der Waals surface area contributed by atoms with Gasteiger partial charge in [-0.1, -0.05) is 13.3 Å². The van der Waals surface area contributed by atoms with Gasteiger partial charge >= 0.3 is 0 Å². The summed E-state index contributed by atoms with van der Waals surface area (Å²) in [6, 6.07) is 1.62. The second-order valence-electron chi connectivity index (χ2n) is 4.62. The van der Waals surface area contributed by atoms with Crippen molar-refractivity contribution in [3.05, 3.63) is 22.5 Å². The van der Waals surface area contributed by atoms with E-state index in [1.807, 2.05) is 0 Å². The molecule has 20 heavy (non-hydrogen) atoms. The number of hydrogen-bond acceptors (Lipinski definition) is 6. The first-order valence-corrected chi connectivity index (χ1v) is 8.66. The van der Waals surface area contributed by atoms with Gasteiger partial charge in [0, 0.05) is 6.07 Å². The number of aryl methyl sites for hydroxylation is 3. The van der Waals surface area contributed by atoms with Crippen LogP contribution in [0.5, 0.6) is 0 Å². The summed E-state index contributed by atoms with van der Waals surface area (Å²) >= 11 is 1.14. The van der Waals surface area contributed by atoms with Gasteiger partial charge in [-0.15, -0.1) is 15.4 Å². The van der Waals surface area contributed by atoms with Crippen LogP contribution in [0.1, 0.15) is 36.2 Å². The van der Waals surface area contributed by atoms with E-state index >= 15 is 0 Å². The van der Waals surface area contributed by atoms with Crippen molar-refractivity contribution < 1.29 is 8.42 Å². The Morgan fingerprint density at radius 2 is 2.10 bits per heavy atom. The summed E-state index contributed by atoms with van der Waals surface area (Å²) in [6.45, 7) is 5.52. The molecular formula is C12H18N4O2S2. The summed E-state index contributed by atoms with van der Waals surface area (Å²) in [5.74, 6) is 0.140. The van der Waals surface area contributed by atoms with E-state index in [9.17, 15) is 8.42 Å². The number of aromatic nitrogens is 3. The quantitative estimate of drug-likeness (QED) is 0.912. The van der Waals surface area contributed by atoms with Gasteiger partial charge in [-0.2, -0.15) is 13.5 Å². The second kappa shape index (κ2) is 5.53. The Balaban J connectivity index is 2.44. The Kier molecular flexibility index (Phi) is 4.14. The molecule has 0 bridgehead atoms.